The van der Waals surface area contributed by atoms with E-state index in [1.54, 1.807) is 6.07 Å². The number of hydrogen-bond acceptors (Lipinski definition) is 8. The summed E-state index contributed by atoms with van der Waals surface area (Å²) in [5.41, 5.74) is 6.98. The summed E-state index contributed by atoms with van der Waals surface area (Å²) in [6, 6.07) is 10.5. The number of benzene rings is 2. The first-order chi connectivity index (χ1) is 14.6. The van der Waals surface area contributed by atoms with Crippen LogP contribution >= 0.6 is 11.5 Å². The van der Waals surface area contributed by atoms with Crippen molar-refractivity contribution in [1.82, 2.24) is 4.37 Å². The summed E-state index contributed by atoms with van der Waals surface area (Å²) in [5.74, 6) is -1.54. The molecule has 0 radical (unpaired) electrons. The van der Waals surface area contributed by atoms with Crippen LogP contribution in [0, 0.1) is 24.1 Å². The molecular weight excluding hydrogens is 441 g/mol. The molecule has 0 aliphatic rings. The Kier molecular flexibility index (Phi) is 6.24. The lowest BCUT2D eigenvalue weighted by Gasteiger charge is -2.19. The van der Waals surface area contributed by atoms with Crippen LogP contribution in [0.3, 0.4) is 0 Å². The summed E-state index contributed by atoms with van der Waals surface area (Å²) >= 11 is 1.18. The molecule has 2 aromatic carbocycles. The average Bonchev–Trinajstić information content (AvgIpc) is 3.11. The minimum atomic E-state index is -3.41. The highest BCUT2D eigenvalue weighted by Gasteiger charge is 2.21. The maximum absolute atomic E-state index is 14.6. The van der Waals surface area contributed by atoms with Crippen molar-refractivity contribution < 1.29 is 17.6 Å². The molecule has 0 saturated heterocycles. The van der Waals surface area contributed by atoms with E-state index in [9.17, 15) is 22.9 Å². The monoisotopic (exact) mass is 459 g/mol. The quantitative estimate of drug-likeness (QED) is 0.493. The zero-order valence-electron chi connectivity index (χ0n) is 16.5. The highest BCUT2D eigenvalue weighted by atomic mass is 32.2. The van der Waals surface area contributed by atoms with Crippen LogP contribution in [0.4, 0.5) is 20.8 Å². The molecule has 1 amide bonds. The van der Waals surface area contributed by atoms with Gasteiger partial charge < -0.3 is 16.4 Å². The number of carbonyl (C=O) groups excluding carboxylic acids is 1. The summed E-state index contributed by atoms with van der Waals surface area (Å²) < 4.78 is 42.1. The van der Waals surface area contributed by atoms with Gasteiger partial charge in [-0.2, -0.15) is 9.64 Å². The molecule has 8 nitrogen and oxygen atoms in total. The third kappa shape index (κ3) is 5.17. The fraction of sp³-hybridized carbons (Fsp3) is 0.150. The number of sulfone groups is 1. The summed E-state index contributed by atoms with van der Waals surface area (Å²) in [6.45, 7) is 1.82. The van der Waals surface area contributed by atoms with E-state index in [-0.39, 0.29) is 16.1 Å². The zero-order chi connectivity index (χ0) is 22.8. The van der Waals surface area contributed by atoms with Gasteiger partial charge in [-0.25, -0.2) is 12.8 Å². The first-order valence-electron chi connectivity index (χ1n) is 8.88. The van der Waals surface area contributed by atoms with E-state index in [2.05, 4.69) is 15.0 Å². The predicted octanol–water partition coefficient (Wildman–Crippen LogP) is 3.25. The SMILES string of the molecule is Cc1cc(Nc2cc(NC(C(N)=O)c3ccc(S(C)(=O)=O)cc3)c(F)cc2C#N)sn1. The van der Waals surface area contributed by atoms with Gasteiger partial charge in [0.15, 0.2) is 9.84 Å². The van der Waals surface area contributed by atoms with Gasteiger partial charge in [0, 0.05) is 6.26 Å². The van der Waals surface area contributed by atoms with E-state index in [4.69, 9.17) is 5.73 Å². The first kappa shape index (κ1) is 22.2. The van der Waals surface area contributed by atoms with Crippen LogP contribution < -0.4 is 16.4 Å². The van der Waals surface area contributed by atoms with Crippen LogP contribution in [0.15, 0.2) is 47.4 Å². The molecule has 160 valence electrons. The molecule has 3 rings (SSSR count). The number of nitrogens with one attached hydrogen (secondary N) is 2. The molecular formula is C20H18FN5O3S2. The average molecular weight is 460 g/mol. The number of hydrogen-bond donors (Lipinski definition) is 3. The molecule has 0 spiro atoms. The number of carbonyl (C=O) groups is 1. The van der Waals surface area contributed by atoms with Gasteiger partial charge >= 0.3 is 0 Å². The second kappa shape index (κ2) is 8.71. The van der Waals surface area contributed by atoms with Gasteiger partial charge in [-0.05, 0) is 54.4 Å². The van der Waals surface area contributed by atoms with Crippen LogP contribution in [0.25, 0.3) is 0 Å². The Morgan fingerprint density at radius 1 is 1.23 bits per heavy atom. The first-order valence-corrected chi connectivity index (χ1v) is 11.5. The Balaban J connectivity index is 1.95. The number of aromatic nitrogens is 1. The molecule has 1 aromatic heterocycles. The maximum Gasteiger partial charge on any atom is 0.244 e. The molecule has 1 unspecified atom stereocenters. The van der Waals surface area contributed by atoms with E-state index in [1.165, 1.54) is 41.9 Å². The molecule has 0 bridgehead atoms. The van der Waals surface area contributed by atoms with Crippen molar-refractivity contribution in [3.8, 4) is 6.07 Å². The number of nitriles is 1. The number of anilines is 3. The Labute approximate surface area is 182 Å². The molecule has 0 aliphatic carbocycles. The number of primary amides is 1. The van der Waals surface area contributed by atoms with Crippen LogP contribution in [-0.2, 0) is 14.6 Å². The van der Waals surface area contributed by atoms with Crippen molar-refractivity contribution in [2.45, 2.75) is 17.9 Å². The van der Waals surface area contributed by atoms with Crippen molar-refractivity contribution in [3.63, 3.8) is 0 Å². The lowest BCUT2D eigenvalue weighted by atomic mass is 10.1. The van der Waals surface area contributed by atoms with Gasteiger partial charge in [0.2, 0.25) is 5.91 Å². The summed E-state index contributed by atoms with van der Waals surface area (Å²) in [6.07, 6.45) is 1.07. The van der Waals surface area contributed by atoms with Crippen LogP contribution in [0.1, 0.15) is 22.9 Å². The molecule has 0 saturated carbocycles. The summed E-state index contributed by atoms with van der Waals surface area (Å²) in [4.78, 5) is 12.1. The largest absolute Gasteiger partial charge is 0.368 e. The summed E-state index contributed by atoms with van der Waals surface area (Å²) in [5, 5.41) is 15.8. The smallest absolute Gasteiger partial charge is 0.244 e. The highest BCUT2D eigenvalue weighted by Crippen LogP contribution is 2.31. The van der Waals surface area contributed by atoms with E-state index in [1.807, 2.05) is 13.0 Å². The minimum Gasteiger partial charge on any atom is -0.368 e. The molecule has 31 heavy (non-hydrogen) atoms. The van der Waals surface area contributed by atoms with Gasteiger partial charge in [-0.3, -0.25) is 4.79 Å². The molecule has 11 heteroatoms. The third-order valence-corrected chi connectivity index (χ3v) is 6.26. The van der Waals surface area contributed by atoms with E-state index >= 15 is 0 Å². The maximum atomic E-state index is 14.6. The topological polar surface area (TPSA) is 138 Å². The van der Waals surface area contributed by atoms with Crippen LogP contribution in [0.2, 0.25) is 0 Å². The number of halogens is 1. The number of rotatable bonds is 7. The standard InChI is InChI=1S/C20H18FN5O3S2/c1-11-7-18(30-26-11)24-16-9-17(15(21)8-13(16)10-22)25-19(20(23)27)12-3-5-14(6-4-12)31(2,28)29/h3-9,19,24-25H,1-2H3,(H2,23,27). The summed E-state index contributed by atoms with van der Waals surface area (Å²) in [7, 11) is -3.41. The molecule has 3 aromatic rings. The second-order valence-electron chi connectivity index (χ2n) is 6.77. The second-order valence-corrected chi connectivity index (χ2v) is 9.59. The van der Waals surface area contributed by atoms with Crippen molar-refractivity contribution in [2.75, 3.05) is 16.9 Å². The van der Waals surface area contributed by atoms with Crippen LogP contribution in [0.5, 0.6) is 0 Å². The van der Waals surface area contributed by atoms with E-state index < -0.39 is 27.6 Å². The van der Waals surface area contributed by atoms with Crippen molar-refractivity contribution in [1.29, 1.82) is 5.26 Å². The van der Waals surface area contributed by atoms with E-state index in [0.717, 1.165) is 18.0 Å². The Morgan fingerprint density at radius 3 is 2.42 bits per heavy atom. The van der Waals surface area contributed by atoms with Gasteiger partial charge in [0.1, 0.15) is 22.9 Å². The molecule has 1 heterocycles. The molecule has 1 atom stereocenters. The van der Waals surface area contributed by atoms with Gasteiger partial charge in [0.25, 0.3) is 0 Å². The number of nitrogens with two attached hydrogens (primary N) is 1. The molecule has 4 N–H and O–H groups in total. The van der Waals surface area contributed by atoms with Crippen molar-refractivity contribution in [3.05, 3.63) is 65.1 Å². The Hall–Kier alpha value is -3.49. The number of nitrogens with zero attached hydrogens (tertiary/aromatic N) is 2. The van der Waals surface area contributed by atoms with Gasteiger partial charge in [-0.15, -0.1) is 0 Å². The van der Waals surface area contributed by atoms with E-state index in [0.29, 0.717) is 16.3 Å². The Morgan fingerprint density at radius 2 is 1.90 bits per heavy atom. The van der Waals surface area contributed by atoms with Crippen molar-refractivity contribution in [2.24, 2.45) is 5.73 Å². The van der Waals surface area contributed by atoms with Gasteiger partial charge in [0.05, 0.1) is 27.5 Å². The van der Waals surface area contributed by atoms with Crippen molar-refractivity contribution >= 4 is 43.7 Å². The predicted molar refractivity (Wildman–Crippen MR) is 116 cm³/mol. The fourth-order valence-corrected chi connectivity index (χ4v) is 4.12. The van der Waals surface area contributed by atoms with Crippen LogP contribution in [-0.4, -0.2) is 25.0 Å². The highest BCUT2D eigenvalue weighted by molar-refractivity contribution is 7.90. The minimum absolute atomic E-state index is 0.0567. The zero-order valence-corrected chi connectivity index (χ0v) is 18.1. The fourth-order valence-electron chi connectivity index (χ4n) is 2.82. The third-order valence-electron chi connectivity index (χ3n) is 4.34. The number of aryl methyl sites for hydroxylation is 1. The normalized spacial score (nSPS) is 12.1. The number of amides is 1. The Bertz CT molecular complexity index is 1280. The molecule has 0 fully saturated rings. The van der Waals surface area contributed by atoms with Gasteiger partial charge in [-0.1, -0.05) is 12.1 Å². The lowest BCUT2D eigenvalue weighted by Crippen LogP contribution is -2.28. The molecule has 0 aliphatic heterocycles. The lowest BCUT2D eigenvalue weighted by molar-refractivity contribution is -0.118.